The smallest absolute Gasteiger partial charge is 0.324 e. The molecule has 3 aliphatic heterocycles. The largest absolute Gasteiger partial charge is 0.508 e. The van der Waals surface area contributed by atoms with E-state index in [4.69, 9.17) is 14.5 Å². The molecule has 2 aromatic carbocycles. The highest BCUT2D eigenvalue weighted by Crippen LogP contribution is 2.42. The summed E-state index contributed by atoms with van der Waals surface area (Å²) in [6.45, 7) is 12.6. The zero-order valence-corrected chi connectivity index (χ0v) is 41.1. The molecule has 17 nitrogen and oxygen atoms in total. The van der Waals surface area contributed by atoms with Crippen molar-refractivity contribution in [2.75, 3.05) is 54.5 Å². The molecule has 3 aliphatic rings. The number of methoxy groups -OCH3 is 1. The average molecular weight is 943 g/mol. The molecular weight excluding hydrogens is 877 g/mol. The molecule has 4 aromatic rings. The molecule has 3 N–H and O–H groups in total. The number of carbonyl (C=O) groups excluding carboxylic acids is 4. The van der Waals surface area contributed by atoms with Gasteiger partial charge in [-0.3, -0.25) is 34.1 Å². The van der Waals surface area contributed by atoms with Crippen molar-refractivity contribution in [2.45, 2.75) is 103 Å². The quantitative estimate of drug-likeness (QED) is 0.134. The number of hydrazine groups is 1. The summed E-state index contributed by atoms with van der Waals surface area (Å²) in [5.41, 5.74) is 9.32. The van der Waals surface area contributed by atoms with E-state index in [0.29, 0.717) is 43.5 Å². The maximum Gasteiger partial charge on any atom is 0.324 e. The zero-order valence-electron chi connectivity index (χ0n) is 40.3. The van der Waals surface area contributed by atoms with Gasteiger partial charge in [-0.05, 0) is 105 Å². The molecule has 6 atom stereocenters. The first kappa shape index (κ1) is 49.5. The van der Waals surface area contributed by atoms with Gasteiger partial charge >= 0.3 is 5.97 Å². The minimum atomic E-state index is -3.77. The van der Waals surface area contributed by atoms with Crippen molar-refractivity contribution >= 4 is 44.6 Å². The molecule has 6 bridgehead atoms. The number of esters is 1. The molecule has 0 saturated carbocycles. The fourth-order valence-corrected chi connectivity index (χ4v) is 11.1. The van der Waals surface area contributed by atoms with Gasteiger partial charge in [-0.1, -0.05) is 39.8 Å². The number of ether oxygens (including phenoxy) is 2. The van der Waals surface area contributed by atoms with Gasteiger partial charge < -0.3 is 29.4 Å². The van der Waals surface area contributed by atoms with E-state index < -0.39 is 75.1 Å². The molecule has 2 saturated heterocycles. The molecule has 2 fully saturated rings. The third-order valence-corrected chi connectivity index (χ3v) is 15.5. The summed E-state index contributed by atoms with van der Waals surface area (Å²) >= 11 is 0. The van der Waals surface area contributed by atoms with Crippen LogP contribution < -0.4 is 10.7 Å². The highest BCUT2D eigenvalue weighted by molar-refractivity contribution is 7.90. The monoisotopic (exact) mass is 942 g/mol. The van der Waals surface area contributed by atoms with Crippen LogP contribution in [0.2, 0.25) is 0 Å². The van der Waals surface area contributed by atoms with E-state index in [1.807, 2.05) is 25.1 Å². The number of sulfonamides is 1. The number of aryl methyl sites for hydroxylation is 1. The lowest BCUT2D eigenvalue weighted by molar-refractivity contribution is -0.155. The number of fused-ring (bicyclic) bond motifs is 6. The zero-order chi connectivity index (χ0) is 48.7. The Kier molecular flexibility index (Phi) is 14.5. The van der Waals surface area contributed by atoms with E-state index in [9.17, 15) is 32.7 Å². The van der Waals surface area contributed by atoms with Gasteiger partial charge in [0.1, 0.15) is 29.2 Å². The Balaban J connectivity index is 1.30. The van der Waals surface area contributed by atoms with Crippen LogP contribution in [-0.4, -0.2) is 144 Å². The number of carbonyl (C=O) groups is 4. The Bertz CT molecular complexity index is 2650. The van der Waals surface area contributed by atoms with Crippen molar-refractivity contribution in [2.24, 2.45) is 11.3 Å². The van der Waals surface area contributed by atoms with Gasteiger partial charge in [-0.2, -0.15) is 4.31 Å². The van der Waals surface area contributed by atoms with Crippen LogP contribution in [0.3, 0.4) is 0 Å². The Morgan fingerprint density at radius 3 is 2.49 bits per heavy atom. The minimum absolute atomic E-state index is 0.0398. The van der Waals surface area contributed by atoms with Crippen LogP contribution in [0.25, 0.3) is 33.3 Å². The van der Waals surface area contributed by atoms with E-state index in [0.717, 1.165) is 43.3 Å². The number of phenols is 1. The minimum Gasteiger partial charge on any atom is -0.508 e. The lowest BCUT2D eigenvalue weighted by Crippen LogP contribution is -2.62. The number of hydrogen-bond donors (Lipinski definition) is 3. The Hall–Kier alpha value is -5.40. The number of phenolic OH excluding ortho intramolecular Hbond substituents is 1. The van der Waals surface area contributed by atoms with Crippen LogP contribution in [0.4, 0.5) is 0 Å². The Morgan fingerprint density at radius 2 is 1.82 bits per heavy atom. The number of hydrogen-bond acceptors (Lipinski definition) is 12. The molecule has 0 radical (unpaired) electrons. The topological polar surface area (TPSA) is 196 Å². The standard InChI is InChI=1S/C49H66N8O9S/c1-11-56-40-17-16-32-24-36(40)37(45(56)35-14-12-18-50-43(35)30(4)65-10)25-49(5,6)28-66-48(62)38-15-13-19-57(52-38)47(61)39(22-31-20-33(32)23-34(58)21-31)51-46(60)44(29(2)3)55(9)41(59)26-54(8)67(63,64)42-27-53(42)7/h12,14,16-18,20-21,23-24,29-30,38-39,42,44,52,58H,11,13,15,19,22,25-28H2,1-10H3,(H,51,60)/t30-,38-,39-,42-,44-,53?/m0/s1. The molecule has 3 amide bonds. The lowest BCUT2D eigenvalue weighted by atomic mass is 9.84. The summed E-state index contributed by atoms with van der Waals surface area (Å²) in [5.74, 6) is -2.73. The van der Waals surface area contributed by atoms with Gasteiger partial charge in [-0.25, -0.2) is 13.8 Å². The summed E-state index contributed by atoms with van der Waals surface area (Å²) in [4.78, 5) is 64.4. The lowest BCUT2D eigenvalue weighted by Gasteiger charge is -2.37. The predicted octanol–water partition coefficient (Wildman–Crippen LogP) is 4.47. The van der Waals surface area contributed by atoms with Crippen molar-refractivity contribution in [3.8, 4) is 28.1 Å². The highest BCUT2D eigenvalue weighted by atomic mass is 32.2. The van der Waals surface area contributed by atoms with Crippen LogP contribution in [0.1, 0.15) is 77.3 Å². The van der Waals surface area contributed by atoms with Gasteiger partial charge in [0.2, 0.25) is 21.8 Å². The number of cyclic esters (lactones) is 1. The molecule has 0 aliphatic carbocycles. The molecule has 67 heavy (non-hydrogen) atoms. The number of rotatable bonds is 12. The van der Waals surface area contributed by atoms with Crippen LogP contribution >= 0.6 is 0 Å². The molecule has 5 heterocycles. The number of aromatic nitrogens is 2. The first-order valence-corrected chi connectivity index (χ1v) is 24.6. The van der Waals surface area contributed by atoms with Gasteiger partial charge in [0.05, 0.1) is 30.6 Å². The van der Waals surface area contributed by atoms with Crippen molar-refractivity contribution in [1.82, 2.24) is 39.4 Å². The summed E-state index contributed by atoms with van der Waals surface area (Å²) in [6.07, 6.45) is 2.83. The van der Waals surface area contributed by atoms with Crippen molar-refractivity contribution in [1.29, 1.82) is 0 Å². The van der Waals surface area contributed by atoms with Crippen LogP contribution in [-0.2, 0) is 58.1 Å². The van der Waals surface area contributed by atoms with E-state index >= 15 is 0 Å². The molecule has 362 valence electrons. The fourth-order valence-electron chi connectivity index (χ4n) is 9.53. The number of benzene rings is 2. The van der Waals surface area contributed by atoms with Gasteiger partial charge in [0, 0.05) is 75.3 Å². The van der Waals surface area contributed by atoms with Crippen LogP contribution in [0.5, 0.6) is 5.75 Å². The van der Waals surface area contributed by atoms with Gasteiger partial charge in [0.15, 0.2) is 0 Å². The SMILES string of the molecule is CCn1c(-c2cccnc2[C@H](C)OC)c2c3cc(ccc31)-c1cc(O)cc(c1)C[C@H](NC(=O)[C@H](C(C)C)N(C)C(=O)CN(C)S(=O)(=O)[C@H]1CN1C)C(=O)N1CCC[C@H](N1)C(=O)OCC(C)(C)C2. The predicted molar refractivity (Wildman–Crippen MR) is 255 cm³/mol. The second-order valence-corrected chi connectivity index (χ2v) is 21.6. The van der Waals surface area contributed by atoms with Crippen molar-refractivity contribution in [3.63, 3.8) is 0 Å². The van der Waals surface area contributed by atoms with Gasteiger partial charge in [0.25, 0.3) is 5.91 Å². The summed E-state index contributed by atoms with van der Waals surface area (Å²) in [5, 5.41) is 15.9. The summed E-state index contributed by atoms with van der Waals surface area (Å²) < 4.78 is 41.3. The van der Waals surface area contributed by atoms with Crippen molar-refractivity contribution in [3.05, 3.63) is 71.5 Å². The average Bonchev–Trinajstić information content (AvgIpc) is 3.97. The molecule has 0 spiro atoms. The van der Waals surface area contributed by atoms with E-state index in [2.05, 4.69) is 54.3 Å². The fraction of sp³-hybridized carbons (Fsp3) is 0.531. The first-order valence-electron chi connectivity index (χ1n) is 23.1. The molecule has 2 aromatic heterocycles. The third kappa shape index (κ3) is 10.4. The number of pyridine rings is 1. The second-order valence-electron chi connectivity index (χ2n) is 19.4. The molecule has 18 heteroatoms. The number of aromatic hydroxyl groups is 1. The normalized spacial score (nSPS) is 22.0. The number of likely N-dealkylation sites (N-methyl/N-ethyl adjacent to an activating group) is 3. The second kappa shape index (κ2) is 19.7. The maximum atomic E-state index is 14.7. The van der Waals surface area contributed by atoms with E-state index in [1.54, 1.807) is 51.2 Å². The van der Waals surface area contributed by atoms with Crippen molar-refractivity contribution < 1.29 is 42.2 Å². The molecule has 7 rings (SSSR count). The van der Waals surface area contributed by atoms with Crippen LogP contribution in [0, 0.1) is 11.3 Å². The number of nitrogens with zero attached hydrogens (tertiary/aromatic N) is 6. The summed E-state index contributed by atoms with van der Waals surface area (Å²) in [6, 6.07) is 12.1. The van der Waals surface area contributed by atoms with Crippen LogP contribution in [0.15, 0.2) is 54.7 Å². The first-order chi connectivity index (χ1) is 31.6. The number of nitrogens with one attached hydrogen (secondary N) is 2. The van der Waals surface area contributed by atoms with E-state index in [-0.39, 0.29) is 31.4 Å². The third-order valence-electron chi connectivity index (χ3n) is 13.3. The maximum absolute atomic E-state index is 14.7. The Labute approximate surface area is 393 Å². The van der Waals surface area contributed by atoms with E-state index in [1.165, 1.54) is 24.0 Å². The number of amides is 3. The summed E-state index contributed by atoms with van der Waals surface area (Å²) in [7, 11) is 2.36. The molecule has 1 unspecified atom stereocenters. The van der Waals surface area contributed by atoms with Gasteiger partial charge in [-0.15, -0.1) is 0 Å². The molecular formula is C49H66N8O9S. The Morgan fingerprint density at radius 1 is 1.09 bits per heavy atom. The highest BCUT2D eigenvalue weighted by Gasteiger charge is 2.45.